The zero-order chi connectivity index (χ0) is 22.2. The van der Waals surface area contributed by atoms with E-state index in [1.165, 1.54) is 4.31 Å². The molecule has 6 nitrogen and oxygen atoms in total. The fourth-order valence-electron chi connectivity index (χ4n) is 3.80. The lowest BCUT2D eigenvalue weighted by molar-refractivity contribution is 0.0697. The summed E-state index contributed by atoms with van der Waals surface area (Å²) in [5, 5.41) is 0. The molecule has 1 unspecified atom stereocenters. The quantitative estimate of drug-likeness (QED) is 0.721. The summed E-state index contributed by atoms with van der Waals surface area (Å²) in [5.74, 6) is -0.140. The van der Waals surface area contributed by atoms with Crippen molar-refractivity contribution in [3.8, 4) is 0 Å². The number of aryl methyl sites for hydroxylation is 2. The molecule has 1 heterocycles. The van der Waals surface area contributed by atoms with E-state index in [0.29, 0.717) is 28.4 Å². The van der Waals surface area contributed by atoms with Gasteiger partial charge in [0.2, 0.25) is 10.0 Å². The first-order valence-electron chi connectivity index (χ1n) is 9.84. The van der Waals surface area contributed by atoms with Crippen LogP contribution in [-0.2, 0) is 20.8 Å². The van der Waals surface area contributed by atoms with Crippen LogP contribution in [0.2, 0.25) is 0 Å². The van der Waals surface area contributed by atoms with Crippen molar-refractivity contribution in [3.63, 3.8) is 0 Å². The Kier molecular flexibility index (Phi) is 6.50. The molecular weight excluding hydrogens is 420 g/mol. The summed E-state index contributed by atoms with van der Waals surface area (Å²) >= 11 is 0. The van der Waals surface area contributed by atoms with Crippen LogP contribution in [0.3, 0.4) is 0 Å². The monoisotopic (exact) mass is 448 g/mol. The number of amides is 1. The summed E-state index contributed by atoms with van der Waals surface area (Å²) < 4.78 is 39.7. The molecule has 0 saturated carbocycles. The molecule has 2 aromatic rings. The number of nitrogens with zero attached hydrogens (tertiary/aromatic N) is 2. The number of sulfonamides is 1. The van der Waals surface area contributed by atoms with Crippen LogP contribution in [0, 0.1) is 27.7 Å². The highest BCUT2D eigenvalue weighted by Crippen LogP contribution is 2.29. The lowest BCUT2D eigenvalue weighted by Gasteiger charge is -2.35. The first-order valence-corrected chi connectivity index (χ1v) is 12.8. The molecule has 1 amide bonds. The van der Waals surface area contributed by atoms with E-state index in [2.05, 4.69) is 0 Å². The molecule has 0 aromatic heterocycles. The van der Waals surface area contributed by atoms with Gasteiger partial charge in [-0.15, -0.1) is 0 Å². The van der Waals surface area contributed by atoms with Crippen molar-refractivity contribution in [2.45, 2.75) is 37.5 Å². The first-order chi connectivity index (χ1) is 14.0. The third kappa shape index (κ3) is 4.22. The number of carbonyl (C=O) groups excluding carboxylic acids is 1. The van der Waals surface area contributed by atoms with Gasteiger partial charge in [-0.05, 0) is 74.2 Å². The lowest BCUT2D eigenvalue weighted by Crippen LogP contribution is -2.50. The van der Waals surface area contributed by atoms with Crippen LogP contribution >= 0.6 is 0 Å². The maximum Gasteiger partial charge on any atom is 0.253 e. The second-order valence-corrected chi connectivity index (χ2v) is 11.0. The van der Waals surface area contributed by atoms with Gasteiger partial charge in [0.1, 0.15) is 0 Å². The highest BCUT2D eigenvalue weighted by Gasteiger charge is 2.33. The van der Waals surface area contributed by atoms with Crippen molar-refractivity contribution >= 4 is 26.7 Å². The molecule has 8 heteroatoms. The third-order valence-electron chi connectivity index (χ3n) is 5.85. The van der Waals surface area contributed by atoms with Crippen molar-refractivity contribution in [1.29, 1.82) is 0 Å². The molecule has 1 aliphatic heterocycles. The minimum absolute atomic E-state index is 0.140. The van der Waals surface area contributed by atoms with Crippen molar-refractivity contribution in [2.75, 3.05) is 32.4 Å². The highest BCUT2D eigenvalue weighted by molar-refractivity contribution is 7.89. The summed E-state index contributed by atoms with van der Waals surface area (Å²) in [6, 6.07) is 8.74. The fourth-order valence-corrected chi connectivity index (χ4v) is 6.32. The average molecular weight is 449 g/mol. The molecule has 0 spiro atoms. The molecule has 0 bridgehead atoms. The van der Waals surface area contributed by atoms with Crippen LogP contribution in [0.25, 0.3) is 0 Å². The number of piperazine rings is 1. The molecule has 0 N–H and O–H groups in total. The van der Waals surface area contributed by atoms with Crippen molar-refractivity contribution in [3.05, 3.63) is 58.1 Å². The van der Waals surface area contributed by atoms with Crippen LogP contribution in [0.4, 0.5) is 0 Å². The molecule has 0 radical (unpaired) electrons. The summed E-state index contributed by atoms with van der Waals surface area (Å²) in [4.78, 5) is 15.5. The average Bonchev–Trinajstić information content (AvgIpc) is 2.72. The summed E-state index contributed by atoms with van der Waals surface area (Å²) in [6.45, 7) is 8.75. The molecular formula is C22H28N2O4S2. The van der Waals surface area contributed by atoms with E-state index in [9.17, 15) is 17.4 Å². The van der Waals surface area contributed by atoms with Crippen LogP contribution in [-0.4, -0.2) is 60.2 Å². The summed E-state index contributed by atoms with van der Waals surface area (Å²) in [6.07, 6.45) is 1.59. The predicted octanol–water partition coefficient (Wildman–Crippen LogP) is 2.80. The second-order valence-electron chi connectivity index (χ2n) is 7.76. The zero-order valence-electron chi connectivity index (χ0n) is 18.1. The van der Waals surface area contributed by atoms with Gasteiger partial charge in [0.25, 0.3) is 5.91 Å². The first kappa shape index (κ1) is 22.7. The van der Waals surface area contributed by atoms with Gasteiger partial charge in [0.15, 0.2) is 0 Å². The maximum atomic E-state index is 13.4. The zero-order valence-corrected chi connectivity index (χ0v) is 19.7. The summed E-state index contributed by atoms with van der Waals surface area (Å²) in [7, 11) is -4.73. The van der Waals surface area contributed by atoms with E-state index >= 15 is 0 Å². The fraction of sp³-hybridized carbons (Fsp3) is 0.409. The third-order valence-corrected chi connectivity index (χ3v) is 8.96. The smallest absolute Gasteiger partial charge is 0.253 e. The van der Waals surface area contributed by atoms with Crippen LogP contribution in [0.1, 0.15) is 32.6 Å². The van der Waals surface area contributed by atoms with Gasteiger partial charge in [-0.25, -0.2) is 8.42 Å². The van der Waals surface area contributed by atoms with Gasteiger partial charge < -0.3 is 4.90 Å². The number of hydrogen-bond donors (Lipinski definition) is 0. The normalized spacial score (nSPS) is 16.5. The Morgan fingerprint density at radius 1 is 0.900 bits per heavy atom. The molecule has 1 fully saturated rings. The standard InChI is InChI=1S/C22H28N2O4S2/c1-15-14-16(2)18(4)21(17(15)3)30(27,28)24-12-10-23(11-13-24)22(25)19-6-8-20(9-7-19)29(5)26/h6-9,14H,10-13H2,1-5H3. The van der Waals surface area contributed by atoms with Gasteiger partial charge in [-0.1, -0.05) is 6.07 Å². The Balaban J connectivity index is 1.77. The molecule has 1 aliphatic rings. The maximum absolute atomic E-state index is 13.4. The van der Waals surface area contributed by atoms with Crippen molar-refractivity contribution in [1.82, 2.24) is 9.21 Å². The van der Waals surface area contributed by atoms with Crippen molar-refractivity contribution in [2.24, 2.45) is 0 Å². The number of carbonyl (C=O) groups is 1. The van der Waals surface area contributed by atoms with Gasteiger partial charge in [0.05, 0.1) is 4.90 Å². The Bertz CT molecular complexity index is 1070. The molecule has 3 rings (SSSR count). The minimum atomic E-state index is -3.64. The number of rotatable bonds is 4. The molecule has 1 atom stereocenters. The molecule has 2 aromatic carbocycles. The predicted molar refractivity (Wildman–Crippen MR) is 119 cm³/mol. The van der Waals surface area contributed by atoms with E-state index in [0.717, 1.165) is 22.3 Å². The Morgan fingerprint density at radius 2 is 1.40 bits per heavy atom. The van der Waals surface area contributed by atoms with E-state index in [-0.39, 0.29) is 19.0 Å². The van der Waals surface area contributed by atoms with E-state index < -0.39 is 20.8 Å². The molecule has 1 saturated heterocycles. The number of benzene rings is 2. The van der Waals surface area contributed by atoms with E-state index in [4.69, 9.17) is 0 Å². The second kappa shape index (κ2) is 8.61. The van der Waals surface area contributed by atoms with Crippen LogP contribution in [0.5, 0.6) is 0 Å². The van der Waals surface area contributed by atoms with Gasteiger partial charge in [-0.2, -0.15) is 4.31 Å². The Morgan fingerprint density at radius 3 is 1.87 bits per heavy atom. The van der Waals surface area contributed by atoms with Gasteiger partial charge in [-0.3, -0.25) is 9.00 Å². The van der Waals surface area contributed by atoms with Gasteiger partial charge in [0, 0.05) is 53.7 Å². The SMILES string of the molecule is Cc1cc(C)c(C)c(S(=O)(=O)N2CCN(C(=O)c3ccc(S(C)=O)cc3)CC2)c1C. The van der Waals surface area contributed by atoms with E-state index in [1.807, 2.05) is 33.8 Å². The Hall–Kier alpha value is -2.03. The van der Waals surface area contributed by atoms with Crippen molar-refractivity contribution < 1.29 is 17.4 Å². The molecule has 0 aliphatic carbocycles. The Labute approximate surface area is 181 Å². The summed E-state index contributed by atoms with van der Waals surface area (Å²) in [5.41, 5.74) is 4.00. The largest absolute Gasteiger partial charge is 0.336 e. The highest BCUT2D eigenvalue weighted by atomic mass is 32.2. The van der Waals surface area contributed by atoms with Gasteiger partial charge >= 0.3 is 0 Å². The minimum Gasteiger partial charge on any atom is -0.336 e. The lowest BCUT2D eigenvalue weighted by atomic mass is 10.0. The molecule has 30 heavy (non-hydrogen) atoms. The van der Waals surface area contributed by atoms with Crippen LogP contribution < -0.4 is 0 Å². The topological polar surface area (TPSA) is 74.8 Å². The van der Waals surface area contributed by atoms with Crippen LogP contribution in [0.15, 0.2) is 40.1 Å². The van der Waals surface area contributed by atoms with E-state index in [1.54, 1.807) is 35.4 Å². The number of hydrogen-bond acceptors (Lipinski definition) is 4. The molecule has 162 valence electrons.